The molecule has 0 spiro atoms. The predicted molar refractivity (Wildman–Crippen MR) is 25.4 cm³/mol. The predicted octanol–water partition coefficient (Wildman–Crippen LogP) is -2.59. The van der Waals surface area contributed by atoms with Gasteiger partial charge in [-0.3, -0.25) is 22.9 Å². The van der Waals surface area contributed by atoms with Crippen LogP contribution in [0.5, 0.6) is 0 Å². The molecule has 0 atom stereocenters. The maximum absolute atomic E-state index is 4.89. The molecule has 0 unspecified atom stereocenters. The molecule has 0 heterocycles. The topological polar surface area (TPSA) is 113 Å². The molecule has 0 aliphatic heterocycles. The highest BCUT2D eigenvalue weighted by Crippen LogP contribution is 1.68. The highest BCUT2D eigenvalue weighted by atomic mass is 16.5. The lowest BCUT2D eigenvalue weighted by atomic mass is 11.0. The molecule has 5 heteroatoms. The largest absolute Gasteiger partial charge is 0.319 e. The van der Waals surface area contributed by atoms with Gasteiger partial charge < -0.3 is 4.74 Å². The molecule has 7 heavy (non-hydrogen) atoms. The molecule has 0 saturated carbocycles. The Labute approximate surface area is 41.6 Å². The molecule has 0 radical (unpaired) electrons. The monoisotopic (exact) mass is 106 g/mol. The molecular weight excluding hydrogens is 96.0 g/mol. The Hall–Kier alpha value is -0.200. The summed E-state index contributed by atoms with van der Waals surface area (Å²) in [5.74, 6) is 0. The third kappa shape index (κ3) is 5.80. The molecule has 0 aromatic rings. The Kier molecular flexibility index (Phi) is 2.81. The number of hydrogen-bond acceptors (Lipinski definition) is 5. The van der Waals surface area contributed by atoms with Crippen molar-refractivity contribution in [3.63, 3.8) is 0 Å². The van der Waals surface area contributed by atoms with Crippen LogP contribution < -0.4 is 22.9 Å². The Balaban J connectivity index is 2.95. The van der Waals surface area contributed by atoms with Crippen molar-refractivity contribution in [3.8, 4) is 0 Å². The van der Waals surface area contributed by atoms with Crippen LogP contribution in [0.1, 0.15) is 0 Å². The van der Waals surface area contributed by atoms with E-state index in [1.165, 1.54) is 0 Å². The van der Waals surface area contributed by atoms with Crippen molar-refractivity contribution in [1.82, 2.24) is 0 Å². The molecular formula is C2H10N4O. The van der Waals surface area contributed by atoms with Gasteiger partial charge in [0.05, 0.1) is 0 Å². The van der Waals surface area contributed by atoms with Gasteiger partial charge in [0.2, 0.25) is 0 Å². The highest BCUT2D eigenvalue weighted by molar-refractivity contribution is 4.32. The van der Waals surface area contributed by atoms with Crippen molar-refractivity contribution < 1.29 is 4.74 Å². The molecule has 0 rings (SSSR count). The summed E-state index contributed by atoms with van der Waals surface area (Å²) in [4.78, 5) is 0. The second-order valence-corrected chi connectivity index (χ2v) is 1.07. The van der Waals surface area contributed by atoms with Crippen LogP contribution >= 0.6 is 0 Å². The fourth-order valence-electron chi connectivity index (χ4n) is 0.181. The fraction of sp³-hybridized carbons (Fsp3) is 1.00. The van der Waals surface area contributed by atoms with E-state index in [-0.39, 0.29) is 0 Å². The maximum Gasteiger partial charge on any atom is 0.161 e. The molecule has 0 fully saturated rings. The summed E-state index contributed by atoms with van der Waals surface area (Å²) in [7, 11) is 0. The van der Waals surface area contributed by atoms with Crippen LogP contribution in [0.15, 0.2) is 0 Å². The molecule has 44 valence electrons. The van der Waals surface area contributed by atoms with Crippen LogP contribution in [0, 0.1) is 0 Å². The molecule has 0 amide bonds. The first-order valence-electron chi connectivity index (χ1n) is 1.80. The molecule has 0 bridgehead atoms. The van der Waals surface area contributed by atoms with Gasteiger partial charge in [0.1, 0.15) is 0 Å². The average molecular weight is 106 g/mol. The minimum atomic E-state index is -0.875. The lowest BCUT2D eigenvalue weighted by Gasteiger charge is -2.08. The molecule has 0 aromatic heterocycles. The van der Waals surface area contributed by atoms with Crippen molar-refractivity contribution in [2.75, 3.05) is 0 Å². The summed E-state index contributed by atoms with van der Waals surface area (Å²) in [6, 6.07) is 0. The second kappa shape index (κ2) is 2.89. The molecule has 0 aliphatic rings. The smallest absolute Gasteiger partial charge is 0.161 e. The number of ether oxygens (including phenoxy) is 1. The van der Waals surface area contributed by atoms with Gasteiger partial charge in [0.25, 0.3) is 0 Å². The van der Waals surface area contributed by atoms with E-state index in [9.17, 15) is 0 Å². The Morgan fingerprint density at radius 1 is 0.857 bits per heavy atom. The standard InChI is InChI=1S/C2H10N4O/c3-1(4)7-2(5)6/h1-2H,3-6H2. The van der Waals surface area contributed by atoms with E-state index in [4.69, 9.17) is 22.9 Å². The van der Waals surface area contributed by atoms with E-state index in [0.717, 1.165) is 0 Å². The molecule has 0 saturated heterocycles. The first-order chi connectivity index (χ1) is 3.13. The Morgan fingerprint density at radius 2 is 1.14 bits per heavy atom. The van der Waals surface area contributed by atoms with Crippen LogP contribution in [0.4, 0.5) is 0 Å². The summed E-state index contributed by atoms with van der Waals surface area (Å²) in [6.45, 7) is 0. The minimum Gasteiger partial charge on any atom is -0.319 e. The summed E-state index contributed by atoms with van der Waals surface area (Å²) in [6.07, 6.45) is -1.75. The normalized spacial score (nSPS) is 11.1. The summed E-state index contributed by atoms with van der Waals surface area (Å²) >= 11 is 0. The average Bonchev–Trinajstić information content (AvgIpc) is 1.27. The van der Waals surface area contributed by atoms with Crippen LogP contribution in [0.2, 0.25) is 0 Å². The van der Waals surface area contributed by atoms with E-state index >= 15 is 0 Å². The quantitative estimate of drug-likeness (QED) is 0.288. The molecule has 5 nitrogen and oxygen atoms in total. The molecule has 0 aliphatic carbocycles. The minimum absolute atomic E-state index is 0.875. The summed E-state index contributed by atoms with van der Waals surface area (Å²) in [5, 5.41) is 0. The number of rotatable bonds is 2. The Morgan fingerprint density at radius 3 is 1.14 bits per heavy atom. The summed E-state index contributed by atoms with van der Waals surface area (Å²) < 4.78 is 4.36. The number of nitrogens with two attached hydrogens (primary N) is 4. The van der Waals surface area contributed by atoms with E-state index < -0.39 is 12.7 Å². The zero-order valence-electron chi connectivity index (χ0n) is 3.87. The third-order valence-electron chi connectivity index (χ3n) is 0.314. The van der Waals surface area contributed by atoms with Crippen molar-refractivity contribution in [1.29, 1.82) is 0 Å². The van der Waals surface area contributed by atoms with Gasteiger partial charge in [-0.15, -0.1) is 0 Å². The lowest BCUT2D eigenvalue weighted by Crippen LogP contribution is -2.45. The van der Waals surface area contributed by atoms with Gasteiger partial charge in [0, 0.05) is 0 Å². The van der Waals surface area contributed by atoms with Gasteiger partial charge in [-0.2, -0.15) is 0 Å². The second-order valence-electron chi connectivity index (χ2n) is 1.07. The molecule has 0 aromatic carbocycles. The first-order valence-corrected chi connectivity index (χ1v) is 1.80. The van der Waals surface area contributed by atoms with Gasteiger partial charge in [0.15, 0.2) is 12.7 Å². The SMILES string of the molecule is NC(N)OC(N)N. The van der Waals surface area contributed by atoms with Gasteiger partial charge >= 0.3 is 0 Å². The number of hydrogen-bond donors (Lipinski definition) is 4. The maximum atomic E-state index is 4.89. The van der Waals surface area contributed by atoms with E-state index in [0.29, 0.717) is 0 Å². The van der Waals surface area contributed by atoms with Gasteiger partial charge in [-0.25, -0.2) is 0 Å². The fourth-order valence-corrected chi connectivity index (χ4v) is 0.181. The van der Waals surface area contributed by atoms with Crippen molar-refractivity contribution in [2.45, 2.75) is 12.7 Å². The van der Waals surface area contributed by atoms with E-state index in [1.54, 1.807) is 0 Å². The van der Waals surface area contributed by atoms with E-state index in [1.807, 2.05) is 0 Å². The zero-order valence-corrected chi connectivity index (χ0v) is 3.87. The lowest BCUT2D eigenvalue weighted by molar-refractivity contribution is 0.00232. The third-order valence-corrected chi connectivity index (χ3v) is 0.314. The summed E-state index contributed by atoms with van der Waals surface area (Å²) in [5.41, 5.74) is 19.6. The van der Waals surface area contributed by atoms with Crippen molar-refractivity contribution in [3.05, 3.63) is 0 Å². The van der Waals surface area contributed by atoms with Crippen LogP contribution in [0.3, 0.4) is 0 Å². The van der Waals surface area contributed by atoms with E-state index in [2.05, 4.69) is 4.74 Å². The van der Waals surface area contributed by atoms with Gasteiger partial charge in [-0.1, -0.05) is 0 Å². The van der Waals surface area contributed by atoms with Crippen LogP contribution in [-0.2, 0) is 4.74 Å². The van der Waals surface area contributed by atoms with Crippen molar-refractivity contribution in [2.24, 2.45) is 22.9 Å². The highest BCUT2D eigenvalue weighted by Gasteiger charge is 1.94. The Bertz CT molecular complexity index is 39.0. The van der Waals surface area contributed by atoms with Crippen LogP contribution in [0.25, 0.3) is 0 Å². The van der Waals surface area contributed by atoms with Crippen LogP contribution in [-0.4, -0.2) is 12.7 Å². The van der Waals surface area contributed by atoms with Gasteiger partial charge in [-0.05, 0) is 0 Å². The first kappa shape index (κ1) is 6.80. The zero-order chi connectivity index (χ0) is 5.86. The van der Waals surface area contributed by atoms with Crippen molar-refractivity contribution >= 4 is 0 Å². The molecule has 8 N–H and O–H groups in total.